The standard InChI is InChI=1S/C20H24N2O4/c23-19(17-3-9-24-13-17)22-7-4-20(5-8-22)10-18(26-15-20)14-25-12-16-2-1-6-21-11-16/h1-3,6,9,11,13,18H,4-5,7-8,10,12,14-15H2/t18-/m1/s1. The summed E-state index contributed by atoms with van der Waals surface area (Å²) in [5, 5.41) is 0. The van der Waals surface area contributed by atoms with E-state index in [-0.39, 0.29) is 17.4 Å². The number of aromatic nitrogens is 1. The molecule has 0 aromatic carbocycles. The predicted octanol–water partition coefficient (Wildman–Crippen LogP) is 2.90. The number of nitrogens with zero attached hydrogens (tertiary/aromatic N) is 2. The number of ether oxygens (including phenoxy) is 2. The molecule has 0 N–H and O–H groups in total. The van der Waals surface area contributed by atoms with Gasteiger partial charge >= 0.3 is 0 Å². The first kappa shape index (κ1) is 17.2. The molecule has 26 heavy (non-hydrogen) atoms. The Labute approximate surface area is 153 Å². The van der Waals surface area contributed by atoms with Crippen LogP contribution in [0.2, 0.25) is 0 Å². The number of hydrogen-bond donors (Lipinski definition) is 0. The summed E-state index contributed by atoms with van der Waals surface area (Å²) in [6, 6.07) is 5.65. The minimum absolute atomic E-state index is 0.0591. The third-order valence-electron chi connectivity index (χ3n) is 5.46. The molecule has 2 saturated heterocycles. The third kappa shape index (κ3) is 3.81. The smallest absolute Gasteiger partial charge is 0.257 e. The van der Waals surface area contributed by atoms with Gasteiger partial charge in [-0.25, -0.2) is 0 Å². The molecule has 4 heterocycles. The van der Waals surface area contributed by atoms with Crippen LogP contribution >= 0.6 is 0 Å². The van der Waals surface area contributed by atoms with Gasteiger partial charge in [-0.15, -0.1) is 0 Å². The fraction of sp³-hybridized carbons (Fsp3) is 0.500. The van der Waals surface area contributed by atoms with Crippen LogP contribution in [0.1, 0.15) is 35.2 Å². The molecular weight excluding hydrogens is 332 g/mol. The summed E-state index contributed by atoms with van der Waals surface area (Å²) in [6.45, 7) is 3.48. The molecule has 0 saturated carbocycles. The molecule has 2 aromatic rings. The second kappa shape index (κ2) is 7.60. The van der Waals surface area contributed by atoms with Crippen LogP contribution in [-0.2, 0) is 16.1 Å². The summed E-state index contributed by atoms with van der Waals surface area (Å²) >= 11 is 0. The summed E-state index contributed by atoms with van der Waals surface area (Å²) in [7, 11) is 0. The Hall–Kier alpha value is -2.18. The van der Waals surface area contributed by atoms with Gasteiger partial charge in [0.25, 0.3) is 5.91 Å². The van der Waals surface area contributed by atoms with Gasteiger partial charge in [-0.05, 0) is 42.4 Å². The van der Waals surface area contributed by atoms with Crippen molar-refractivity contribution in [3.63, 3.8) is 0 Å². The molecule has 1 amide bonds. The van der Waals surface area contributed by atoms with Crippen LogP contribution in [0.4, 0.5) is 0 Å². The SMILES string of the molecule is O=C(c1ccoc1)N1CCC2(CC1)CO[C@@H](COCc1cccnc1)C2. The lowest BCUT2D eigenvalue weighted by atomic mass is 9.76. The highest BCUT2D eigenvalue weighted by atomic mass is 16.5. The van der Waals surface area contributed by atoms with E-state index in [2.05, 4.69) is 4.98 Å². The number of carbonyl (C=O) groups is 1. The molecule has 2 aliphatic heterocycles. The van der Waals surface area contributed by atoms with E-state index in [4.69, 9.17) is 13.9 Å². The van der Waals surface area contributed by atoms with Gasteiger partial charge in [-0.3, -0.25) is 9.78 Å². The van der Waals surface area contributed by atoms with Crippen molar-refractivity contribution in [1.82, 2.24) is 9.88 Å². The van der Waals surface area contributed by atoms with E-state index >= 15 is 0 Å². The first-order valence-corrected chi connectivity index (χ1v) is 9.14. The highest BCUT2D eigenvalue weighted by Gasteiger charge is 2.43. The lowest BCUT2D eigenvalue weighted by Crippen LogP contribution is -2.43. The van der Waals surface area contributed by atoms with Crippen LogP contribution in [0.25, 0.3) is 0 Å². The van der Waals surface area contributed by atoms with E-state index in [0.717, 1.165) is 44.5 Å². The number of amides is 1. The molecule has 2 fully saturated rings. The van der Waals surface area contributed by atoms with Crippen LogP contribution in [0, 0.1) is 5.41 Å². The lowest BCUT2D eigenvalue weighted by molar-refractivity contribution is 0.00649. The van der Waals surface area contributed by atoms with Crippen LogP contribution < -0.4 is 0 Å². The Kier molecular flexibility index (Phi) is 5.04. The number of piperidine rings is 1. The Balaban J connectivity index is 1.23. The molecule has 138 valence electrons. The number of carbonyl (C=O) groups excluding carboxylic acids is 1. The highest BCUT2D eigenvalue weighted by Crippen LogP contribution is 2.42. The minimum Gasteiger partial charge on any atom is -0.472 e. The Morgan fingerprint density at radius 1 is 1.35 bits per heavy atom. The van der Waals surface area contributed by atoms with Crippen molar-refractivity contribution in [2.45, 2.75) is 32.0 Å². The molecule has 2 aliphatic rings. The van der Waals surface area contributed by atoms with Crippen molar-refractivity contribution >= 4 is 5.91 Å². The summed E-state index contributed by atoms with van der Waals surface area (Å²) in [5.41, 5.74) is 1.90. The zero-order valence-corrected chi connectivity index (χ0v) is 14.8. The van der Waals surface area contributed by atoms with Crippen LogP contribution in [0.5, 0.6) is 0 Å². The normalized spacial score (nSPS) is 22.0. The van der Waals surface area contributed by atoms with E-state index in [1.807, 2.05) is 23.2 Å². The molecule has 0 unspecified atom stereocenters. The zero-order valence-electron chi connectivity index (χ0n) is 14.8. The highest BCUT2D eigenvalue weighted by molar-refractivity contribution is 5.93. The second-order valence-corrected chi connectivity index (χ2v) is 7.32. The predicted molar refractivity (Wildman–Crippen MR) is 94.5 cm³/mol. The minimum atomic E-state index is 0.0591. The molecule has 6 nitrogen and oxygen atoms in total. The maximum atomic E-state index is 12.4. The van der Waals surface area contributed by atoms with Crippen molar-refractivity contribution in [3.8, 4) is 0 Å². The number of furan rings is 1. The quantitative estimate of drug-likeness (QED) is 0.824. The van der Waals surface area contributed by atoms with Crippen molar-refractivity contribution in [3.05, 3.63) is 54.2 Å². The Morgan fingerprint density at radius 3 is 2.96 bits per heavy atom. The molecule has 0 bridgehead atoms. The van der Waals surface area contributed by atoms with E-state index in [1.54, 1.807) is 18.5 Å². The van der Waals surface area contributed by atoms with Gasteiger partial charge in [-0.1, -0.05) is 6.07 Å². The maximum absolute atomic E-state index is 12.4. The molecule has 4 rings (SSSR count). The summed E-state index contributed by atoms with van der Waals surface area (Å²) in [6.07, 6.45) is 9.75. The van der Waals surface area contributed by atoms with Crippen molar-refractivity contribution in [2.75, 3.05) is 26.3 Å². The summed E-state index contributed by atoms with van der Waals surface area (Å²) in [5.74, 6) is 0.0591. The average Bonchev–Trinajstić information content (AvgIpc) is 3.34. The first-order chi connectivity index (χ1) is 12.7. The molecular formula is C20H24N2O4. The van der Waals surface area contributed by atoms with E-state index in [0.29, 0.717) is 18.8 Å². The van der Waals surface area contributed by atoms with E-state index in [1.165, 1.54) is 6.26 Å². The Bertz CT molecular complexity index is 709. The monoisotopic (exact) mass is 356 g/mol. The fourth-order valence-electron chi connectivity index (χ4n) is 3.90. The summed E-state index contributed by atoms with van der Waals surface area (Å²) in [4.78, 5) is 18.4. The van der Waals surface area contributed by atoms with Gasteiger partial charge in [0.1, 0.15) is 6.26 Å². The summed E-state index contributed by atoms with van der Waals surface area (Å²) < 4.78 is 16.8. The Morgan fingerprint density at radius 2 is 2.23 bits per heavy atom. The van der Waals surface area contributed by atoms with Gasteiger partial charge in [-0.2, -0.15) is 0 Å². The molecule has 2 aromatic heterocycles. The van der Waals surface area contributed by atoms with Gasteiger partial charge < -0.3 is 18.8 Å². The van der Waals surface area contributed by atoms with Crippen LogP contribution in [0.3, 0.4) is 0 Å². The molecule has 1 spiro atoms. The van der Waals surface area contributed by atoms with E-state index in [9.17, 15) is 4.79 Å². The average molecular weight is 356 g/mol. The number of hydrogen-bond acceptors (Lipinski definition) is 5. The number of likely N-dealkylation sites (tertiary alicyclic amines) is 1. The van der Waals surface area contributed by atoms with Gasteiger partial charge in [0, 0.05) is 25.5 Å². The van der Waals surface area contributed by atoms with Crippen molar-refractivity contribution in [1.29, 1.82) is 0 Å². The maximum Gasteiger partial charge on any atom is 0.257 e. The number of pyridine rings is 1. The number of rotatable bonds is 5. The van der Waals surface area contributed by atoms with Gasteiger partial charge in [0.15, 0.2) is 0 Å². The molecule has 0 aliphatic carbocycles. The van der Waals surface area contributed by atoms with Crippen molar-refractivity contribution in [2.24, 2.45) is 5.41 Å². The largest absolute Gasteiger partial charge is 0.472 e. The van der Waals surface area contributed by atoms with Crippen LogP contribution in [0.15, 0.2) is 47.5 Å². The second-order valence-electron chi connectivity index (χ2n) is 7.32. The van der Waals surface area contributed by atoms with Gasteiger partial charge in [0.05, 0.1) is 37.8 Å². The van der Waals surface area contributed by atoms with E-state index < -0.39 is 0 Å². The molecule has 6 heteroatoms. The van der Waals surface area contributed by atoms with Crippen LogP contribution in [-0.4, -0.2) is 48.2 Å². The van der Waals surface area contributed by atoms with Gasteiger partial charge in [0.2, 0.25) is 0 Å². The third-order valence-corrected chi connectivity index (χ3v) is 5.46. The zero-order chi connectivity index (χ0) is 17.8. The van der Waals surface area contributed by atoms with Crippen molar-refractivity contribution < 1.29 is 18.7 Å². The first-order valence-electron chi connectivity index (χ1n) is 9.14. The molecule has 1 atom stereocenters. The topological polar surface area (TPSA) is 64.8 Å². The lowest BCUT2D eigenvalue weighted by Gasteiger charge is -2.38. The fourth-order valence-corrected chi connectivity index (χ4v) is 3.90. The molecule has 0 radical (unpaired) electrons.